The Labute approximate surface area is 207 Å². The lowest BCUT2D eigenvalue weighted by molar-refractivity contribution is 0.267. The molecule has 0 aromatic heterocycles. The van der Waals surface area contributed by atoms with Crippen LogP contribution in [-0.4, -0.2) is 12.6 Å². The minimum atomic E-state index is 0. The molecule has 0 aliphatic carbocycles. The lowest BCUT2D eigenvalue weighted by atomic mass is 10.1. The van der Waals surface area contributed by atoms with E-state index in [1.807, 2.05) is 6.92 Å². The number of benzene rings is 3. The van der Waals surface area contributed by atoms with Gasteiger partial charge in [-0.2, -0.15) is 0 Å². The Morgan fingerprint density at radius 3 is 2.31 bits per heavy atom. The first-order valence-electron chi connectivity index (χ1n) is 11.0. The van der Waals surface area contributed by atoms with Crippen molar-refractivity contribution in [1.29, 1.82) is 0 Å². The quantitative estimate of drug-likeness (QED) is 0.289. The minimum absolute atomic E-state index is 0. The molecule has 32 heavy (non-hydrogen) atoms. The zero-order valence-electron chi connectivity index (χ0n) is 19.1. The second kappa shape index (κ2) is 13.5. The van der Waals surface area contributed by atoms with Gasteiger partial charge in [0.15, 0.2) is 11.5 Å². The van der Waals surface area contributed by atoms with Crippen LogP contribution in [0.2, 0.25) is 0 Å². The summed E-state index contributed by atoms with van der Waals surface area (Å²) in [5, 5.41) is 3.63. The highest BCUT2D eigenvalue weighted by Gasteiger charge is 2.13. The minimum Gasteiger partial charge on any atom is -0.490 e. The Morgan fingerprint density at radius 2 is 1.62 bits per heavy atom. The van der Waals surface area contributed by atoms with E-state index in [2.05, 4.69) is 102 Å². The normalized spacial score (nSPS) is 11.5. The number of ether oxygens (including phenoxy) is 2. The van der Waals surface area contributed by atoms with Crippen LogP contribution in [0, 0.1) is 6.92 Å². The Bertz CT molecular complexity index is 948. The lowest BCUT2D eigenvalue weighted by Gasteiger charge is -2.18. The van der Waals surface area contributed by atoms with Crippen LogP contribution in [0.5, 0.6) is 11.5 Å². The molecule has 3 rings (SSSR count). The third-order valence-corrected chi connectivity index (χ3v) is 5.83. The van der Waals surface area contributed by atoms with E-state index in [1.54, 1.807) is 0 Å². The molecule has 5 heteroatoms. The second-order valence-corrected chi connectivity index (χ2v) is 8.77. The summed E-state index contributed by atoms with van der Waals surface area (Å²) in [6, 6.07) is 23.7. The van der Waals surface area contributed by atoms with E-state index in [4.69, 9.17) is 9.47 Å². The van der Waals surface area contributed by atoms with E-state index in [0.717, 1.165) is 40.9 Å². The van der Waals surface area contributed by atoms with Crippen LogP contribution >= 0.6 is 28.3 Å². The Hall–Kier alpha value is -2.01. The summed E-state index contributed by atoms with van der Waals surface area (Å²) in [6.45, 7) is 8.20. The number of halogens is 2. The molecular formula is C27H33BrClNO2. The predicted molar refractivity (Wildman–Crippen MR) is 139 cm³/mol. The summed E-state index contributed by atoms with van der Waals surface area (Å²) < 4.78 is 12.9. The third kappa shape index (κ3) is 8.16. The van der Waals surface area contributed by atoms with Crippen molar-refractivity contribution in [3.8, 4) is 11.5 Å². The lowest BCUT2D eigenvalue weighted by Crippen LogP contribution is -2.26. The topological polar surface area (TPSA) is 30.5 Å². The highest BCUT2D eigenvalue weighted by Crippen LogP contribution is 2.37. The first kappa shape index (κ1) is 26.2. The van der Waals surface area contributed by atoms with Crippen molar-refractivity contribution in [2.75, 3.05) is 6.61 Å². The van der Waals surface area contributed by atoms with Crippen LogP contribution in [0.15, 0.2) is 71.2 Å². The molecule has 0 saturated heterocycles. The zero-order valence-corrected chi connectivity index (χ0v) is 21.5. The molecule has 3 nitrogen and oxygen atoms in total. The van der Waals surface area contributed by atoms with Crippen LogP contribution in [0.25, 0.3) is 0 Å². The van der Waals surface area contributed by atoms with Gasteiger partial charge in [-0.3, -0.25) is 0 Å². The Balaban J connectivity index is 0.00000363. The summed E-state index contributed by atoms with van der Waals surface area (Å²) in [4.78, 5) is 0. The van der Waals surface area contributed by atoms with Gasteiger partial charge in [0.2, 0.25) is 0 Å². The first-order chi connectivity index (χ1) is 15.0. The number of hydrogen-bond donors (Lipinski definition) is 1. The van der Waals surface area contributed by atoms with Crippen molar-refractivity contribution in [3.05, 3.63) is 93.5 Å². The van der Waals surface area contributed by atoms with Gasteiger partial charge in [0.1, 0.15) is 6.61 Å². The monoisotopic (exact) mass is 517 g/mol. The molecule has 0 spiro atoms. The molecule has 0 bridgehead atoms. The summed E-state index contributed by atoms with van der Waals surface area (Å²) in [7, 11) is 0. The molecule has 0 saturated carbocycles. The Kier molecular flexibility index (Phi) is 11.1. The van der Waals surface area contributed by atoms with E-state index in [0.29, 0.717) is 19.3 Å². The van der Waals surface area contributed by atoms with Crippen LogP contribution in [-0.2, 0) is 19.6 Å². The predicted octanol–water partition coefficient (Wildman–Crippen LogP) is 7.27. The first-order valence-corrected chi connectivity index (χ1v) is 11.7. The highest BCUT2D eigenvalue weighted by atomic mass is 79.9. The van der Waals surface area contributed by atoms with E-state index in [1.165, 1.54) is 16.7 Å². The molecule has 1 N–H and O–H groups in total. The number of rotatable bonds is 11. The third-order valence-electron chi connectivity index (χ3n) is 5.24. The summed E-state index contributed by atoms with van der Waals surface area (Å²) in [5.74, 6) is 1.53. The maximum Gasteiger partial charge on any atom is 0.175 e. The van der Waals surface area contributed by atoms with Crippen molar-refractivity contribution in [1.82, 2.24) is 5.32 Å². The average Bonchev–Trinajstić information content (AvgIpc) is 2.78. The highest BCUT2D eigenvalue weighted by molar-refractivity contribution is 9.10. The molecule has 0 radical (unpaired) electrons. The fraction of sp³-hybridized carbons (Fsp3) is 0.333. The van der Waals surface area contributed by atoms with Gasteiger partial charge in [0.05, 0.1) is 11.1 Å². The van der Waals surface area contributed by atoms with E-state index >= 15 is 0 Å². The molecule has 0 amide bonds. The largest absolute Gasteiger partial charge is 0.490 e. The summed E-state index contributed by atoms with van der Waals surface area (Å²) in [5.41, 5.74) is 4.94. The maximum absolute atomic E-state index is 6.12. The standard InChI is InChI=1S/C27H32BrNO2.ClH/c1-4-30-26-17-24(18-29-21(3)12-15-22-8-6-5-7-9-22)16-25(28)27(26)31-19-23-13-10-20(2)11-14-23;/h5-11,13-14,16-17,21,29H,4,12,15,18-19H2,1-3H3;1H. The maximum atomic E-state index is 6.12. The van der Waals surface area contributed by atoms with Gasteiger partial charge >= 0.3 is 0 Å². The number of aryl methyl sites for hydroxylation is 2. The van der Waals surface area contributed by atoms with Crippen molar-refractivity contribution >= 4 is 28.3 Å². The van der Waals surface area contributed by atoms with Gasteiger partial charge in [0, 0.05) is 12.6 Å². The van der Waals surface area contributed by atoms with Crippen molar-refractivity contribution in [2.24, 2.45) is 0 Å². The molecule has 3 aromatic carbocycles. The Morgan fingerprint density at radius 1 is 0.906 bits per heavy atom. The molecule has 172 valence electrons. The van der Waals surface area contributed by atoms with E-state index in [-0.39, 0.29) is 12.4 Å². The van der Waals surface area contributed by atoms with Crippen molar-refractivity contribution < 1.29 is 9.47 Å². The molecular weight excluding hydrogens is 486 g/mol. The van der Waals surface area contributed by atoms with Crippen molar-refractivity contribution in [2.45, 2.75) is 52.8 Å². The van der Waals surface area contributed by atoms with Crippen LogP contribution in [0.1, 0.15) is 42.5 Å². The fourth-order valence-electron chi connectivity index (χ4n) is 3.39. The van der Waals surface area contributed by atoms with Gasteiger partial charge in [-0.05, 0) is 78.4 Å². The number of nitrogens with one attached hydrogen (secondary N) is 1. The van der Waals surface area contributed by atoms with Gasteiger partial charge in [-0.1, -0.05) is 60.2 Å². The van der Waals surface area contributed by atoms with Gasteiger partial charge < -0.3 is 14.8 Å². The van der Waals surface area contributed by atoms with Crippen LogP contribution in [0.3, 0.4) is 0 Å². The molecule has 3 aromatic rings. The SMILES string of the molecule is CCOc1cc(CNC(C)CCc2ccccc2)cc(Br)c1OCc1ccc(C)cc1.Cl. The molecule has 0 aliphatic rings. The molecule has 1 unspecified atom stereocenters. The second-order valence-electron chi connectivity index (χ2n) is 7.92. The van der Waals surface area contributed by atoms with Crippen LogP contribution in [0.4, 0.5) is 0 Å². The van der Waals surface area contributed by atoms with Gasteiger partial charge in [-0.25, -0.2) is 0 Å². The number of hydrogen-bond acceptors (Lipinski definition) is 3. The molecule has 0 fully saturated rings. The average molecular weight is 519 g/mol. The summed E-state index contributed by atoms with van der Waals surface area (Å²) in [6.07, 6.45) is 2.18. The van der Waals surface area contributed by atoms with E-state index < -0.39 is 0 Å². The van der Waals surface area contributed by atoms with Gasteiger partial charge in [0.25, 0.3) is 0 Å². The molecule has 1 atom stereocenters. The summed E-state index contributed by atoms with van der Waals surface area (Å²) >= 11 is 3.69. The molecule has 0 heterocycles. The van der Waals surface area contributed by atoms with Crippen LogP contribution < -0.4 is 14.8 Å². The van der Waals surface area contributed by atoms with E-state index in [9.17, 15) is 0 Å². The fourth-order valence-corrected chi connectivity index (χ4v) is 3.99. The molecule has 0 aliphatic heterocycles. The van der Waals surface area contributed by atoms with Gasteiger partial charge in [-0.15, -0.1) is 12.4 Å². The smallest absolute Gasteiger partial charge is 0.175 e. The van der Waals surface area contributed by atoms with Crippen molar-refractivity contribution in [3.63, 3.8) is 0 Å². The zero-order chi connectivity index (χ0) is 22.1.